The molecule has 0 spiro atoms. The fourth-order valence-electron chi connectivity index (χ4n) is 4.74. The monoisotopic (exact) mass is 481 g/mol. The van der Waals surface area contributed by atoms with Gasteiger partial charge in [-0.25, -0.2) is 4.99 Å². The van der Waals surface area contributed by atoms with Crippen molar-refractivity contribution in [2.75, 3.05) is 0 Å². The lowest BCUT2D eigenvalue weighted by atomic mass is 10.0. The molecule has 1 aromatic heterocycles. The first-order valence-corrected chi connectivity index (χ1v) is 12.1. The largest absolute Gasteiger partial charge is 0.438 e. The molecule has 0 atom stereocenters. The molecule has 6 rings (SSSR count). The lowest BCUT2D eigenvalue weighted by molar-refractivity contribution is -0.136. The average Bonchev–Trinajstić information content (AvgIpc) is 3.52. The van der Waals surface area contributed by atoms with Crippen molar-refractivity contribution in [2.45, 2.75) is 6.92 Å². The Hall–Kier alpha value is -4.96. The number of rotatable bonds is 5. The van der Waals surface area contributed by atoms with E-state index < -0.39 is 5.97 Å². The van der Waals surface area contributed by atoms with Crippen LogP contribution in [0.1, 0.15) is 18.1 Å². The minimum absolute atomic E-state index is 0.376. The lowest BCUT2D eigenvalue weighted by Gasteiger charge is -2.09. The molecule has 0 saturated heterocycles. The molecule has 4 aromatic carbocycles. The Balaban J connectivity index is 1.52. The van der Waals surface area contributed by atoms with E-state index in [-0.39, 0.29) is 0 Å². The van der Waals surface area contributed by atoms with Gasteiger partial charge >= 0.3 is 5.97 Å². The minimum Gasteiger partial charge on any atom is -0.438 e. The van der Waals surface area contributed by atoms with Crippen LogP contribution in [0.2, 0.25) is 0 Å². The molecule has 0 saturated carbocycles. The second-order valence-corrected chi connectivity index (χ2v) is 8.74. The summed E-state index contributed by atoms with van der Waals surface area (Å²) < 4.78 is 12.0. The summed E-state index contributed by atoms with van der Waals surface area (Å²) in [6.07, 6.45) is 1.59. The zero-order chi connectivity index (χ0) is 25.2. The van der Waals surface area contributed by atoms with Crippen LogP contribution < -0.4 is 0 Å². The summed E-state index contributed by atoms with van der Waals surface area (Å²) in [5.74, 6) is 1.12. The number of nitrogens with zero attached hydrogens (tertiary/aromatic N) is 1. The van der Waals surface area contributed by atoms with Crippen LogP contribution in [0.15, 0.2) is 130 Å². The van der Waals surface area contributed by atoms with Crippen molar-refractivity contribution in [2.24, 2.45) is 4.99 Å². The third-order valence-corrected chi connectivity index (χ3v) is 6.34. The average molecular weight is 482 g/mol. The van der Waals surface area contributed by atoms with Crippen molar-refractivity contribution in [3.8, 4) is 33.6 Å². The number of furan rings is 1. The summed E-state index contributed by atoms with van der Waals surface area (Å²) in [5.41, 5.74) is 7.83. The van der Waals surface area contributed by atoms with Crippen molar-refractivity contribution in [3.63, 3.8) is 0 Å². The van der Waals surface area contributed by atoms with Gasteiger partial charge in [0.2, 0.25) is 5.88 Å². The number of aliphatic imine (C=N–C) groups is 1. The molecule has 0 bridgehead atoms. The highest BCUT2D eigenvalue weighted by Crippen LogP contribution is 2.45. The van der Waals surface area contributed by atoms with Crippen molar-refractivity contribution in [1.29, 1.82) is 0 Å². The molecule has 0 aliphatic heterocycles. The molecule has 1 aliphatic rings. The number of carbonyl (C=O) groups is 1. The van der Waals surface area contributed by atoms with E-state index in [0.717, 1.165) is 44.5 Å². The van der Waals surface area contributed by atoms with Crippen LogP contribution >= 0.6 is 0 Å². The van der Waals surface area contributed by atoms with Gasteiger partial charge in [0.15, 0.2) is 5.76 Å². The molecule has 0 N–H and O–H groups in total. The van der Waals surface area contributed by atoms with E-state index in [4.69, 9.17) is 14.1 Å². The zero-order valence-corrected chi connectivity index (χ0v) is 20.2. The molecule has 4 nitrogen and oxygen atoms in total. The first-order chi connectivity index (χ1) is 18.2. The summed E-state index contributed by atoms with van der Waals surface area (Å²) in [5, 5.41) is 0. The number of allylic oxidation sites excluding steroid dienone is 1. The zero-order valence-electron chi connectivity index (χ0n) is 20.2. The van der Waals surface area contributed by atoms with Crippen LogP contribution in [0.3, 0.4) is 0 Å². The molecule has 178 valence electrons. The molecule has 0 unspecified atom stereocenters. The van der Waals surface area contributed by atoms with Crippen molar-refractivity contribution < 1.29 is 13.9 Å². The second kappa shape index (κ2) is 9.59. The van der Waals surface area contributed by atoms with Gasteiger partial charge in [-0.2, -0.15) is 0 Å². The van der Waals surface area contributed by atoms with Gasteiger partial charge in [-0.15, -0.1) is 0 Å². The van der Waals surface area contributed by atoms with Crippen molar-refractivity contribution in [1.82, 2.24) is 0 Å². The van der Waals surface area contributed by atoms with Crippen LogP contribution in [-0.2, 0) is 9.53 Å². The molecule has 0 fully saturated rings. The van der Waals surface area contributed by atoms with Crippen molar-refractivity contribution in [3.05, 3.63) is 132 Å². The molecule has 0 amide bonds. The summed E-state index contributed by atoms with van der Waals surface area (Å²) >= 11 is 0. The highest BCUT2D eigenvalue weighted by Gasteiger charge is 2.26. The molecule has 37 heavy (non-hydrogen) atoms. The molecule has 5 aromatic rings. The Kier molecular flexibility index (Phi) is 5.83. The van der Waals surface area contributed by atoms with E-state index in [1.807, 2.05) is 103 Å². The second-order valence-electron chi connectivity index (χ2n) is 8.74. The Morgan fingerprint density at radius 1 is 0.676 bits per heavy atom. The summed E-state index contributed by atoms with van der Waals surface area (Å²) in [6, 6.07) is 38.1. The van der Waals surface area contributed by atoms with Gasteiger partial charge in [0.1, 0.15) is 5.76 Å². The van der Waals surface area contributed by atoms with Crippen LogP contribution in [0, 0.1) is 0 Å². The summed E-state index contributed by atoms with van der Waals surface area (Å²) in [6.45, 7) is 1.40. The SMILES string of the molecule is CC(=O)OC(/C=N/c1oc(-c2ccccc2)cc1-c1ccccc1)=C1c2ccccc2-c2ccccc21. The van der Waals surface area contributed by atoms with Crippen LogP contribution in [-0.4, -0.2) is 12.2 Å². The number of carbonyl (C=O) groups excluding carboxylic acids is 1. The first-order valence-electron chi connectivity index (χ1n) is 12.1. The van der Waals surface area contributed by atoms with Crippen LogP contribution in [0.5, 0.6) is 0 Å². The maximum atomic E-state index is 12.2. The molecular formula is C33H23NO3. The Morgan fingerprint density at radius 3 is 1.76 bits per heavy atom. The molecule has 1 heterocycles. The minimum atomic E-state index is -0.413. The van der Waals surface area contributed by atoms with E-state index in [1.54, 1.807) is 6.21 Å². The Morgan fingerprint density at radius 2 is 1.19 bits per heavy atom. The number of hydrogen-bond donors (Lipinski definition) is 0. The standard InChI is InChI=1S/C33H23NO3/c1-22(35)36-31(32-27-18-10-8-16-25(27)26-17-9-11-19-28(26)32)21-34-33-29(23-12-4-2-5-13-23)20-30(37-33)24-14-6-3-7-15-24/h2-21H,1H3/b34-21+. The summed E-state index contributed by atoms with van der Waals surface area (Å²) in [4.78, 5) is 16.9. The van der Waals surface area contributed by atoms with Crippen LogP contribution in [0.4, 0.5) is 5.88 Å². The third kappa shape index (κ3) is 4.30. The van der Waals surface area contributed by atoms with Gasteiger partial charge in [-0.3, -0.25) is 4.79 Å². The normalized spacial score (nSPS) is 11.9. The number of fused-ring (bicyclic) bond motifs is 3. The van der Waals surface area contributed by atoms with Crippen molar-refractivity contribution >= 4 is 23.6 Å². The molecular weight excluding hydrogens is 458 g/mol. The number of esters is 1. The fraction of sp³-hybridized carbons (Fsp3) is 0.0303. The third-order valence-electron chi connectivity index (χ3n) is 6.34. The van der Waals surface area contributed by atoms with Gasteiger partial charge in [0, 0.05) is 23.6 Å². The Bertz CT molecular complexity index is 1610. The summed E-state index contributed by atoms with van der Waals surface area (Å²) in [7, 11) is 0. The quantitative estimate of drug-likeness (QED) is 0.141. The molecule has 0 radical (unpaired) electrons. The maximum Gasteiger partial charge on any atom is 0.308 e. The predicted molar refractivity (Wildman–Crippen MR) is 147 cm³/mol. The van der Waals surface area contributed by atoms with E-state index in [1.165, 1.54) is 6.92 Å². The number of benzene rings is 4. The number of ether oxygens (including phenoxy) is 1. The van der Waals surface area contributed by atoms with Gasteiger partial charge in [-0.05, 0) is 33.9 Å². The van der Waals surface area contributed by atoms with Crippen LogP contribution in [0.25, 0.3) is 39.2 Å². The highest BCUT2D eigenvalue weighted by molar-refractivity contribution is 6.08. The van der Waals surface area contributed by atoms with Gasteiger partial charge in [0.25, 0.3) is 0 Å². The fourth-order valence-corrected chi connectivity index (χ4v) is 4.74. The van der Waals surface area contributed by atoms with E-state index >= 15 is 0 Å². The maximum absolute atomic E-state index is 12.2. The van der Waals surface area contributed by atoms with E-state index in [2.05, 4.69) is 12.1 Å². The van der Waals surface area contributed by atoms with E-state index in [9.17, 15) is 4.79 Å². The van der Waals surface area contributed by atoms with Gasteiger partial charge < -0.3 is 9.15 Å². The molecule has 4 heteroatoms. The topological polar surface area (TPSA) is 51.8 Å². The smallest absolute Gasteiger partial charge is 0.308 e. The highest BCUT2D eigenvalue weighted by atomic mass is 16.5. The molecule has 1 aliphatic carbocycles. The van der Waals surface area contributed by atoms with E-state index in [0.29, 0.717) is 17.4 Å². The lowest BCUT2D eigenvalue weighted by Crippen LogP contribution is -2.03. The first kappa shape index (κ1) is 22.5. The van der Waals surface area contributed by atoms with Gasteiger partial charge in [0.05, 0.1) is 6.21 Å². The Labute approximate surface area is 215 Å². The van der Waals surface area contributed by atoms with Gasteiger partial charge in [-0.1, -0.05) is 109 Å². The number of hydrogen-bond acceptors (Lipinski definition) is 4. The predicted octanol–water partition coefficient (Wildman–Crippen LogP) is 8.32.